The number of hydrogen-bond donors (Lipinski definition) is 1. The average molecular weight is 342 g/mol. The predicted molar refractivity (Wildman–Crippen MR) is 104 cm³/mol. The highest BCUT2D eigenvalue weighted by molar-refractivity contribution is 5.79. The molecule has 0 radical (unpaired) electrons. The van der Waals surface area contributed by atoms with E-state index < -0.39 is 0 Å². The number of aryl methyl sites for hydroxylation is 6. The summed E-state index contributed by atoms with van der Waals surface area (Å²) in [5.41, 5.74) is 8.90. The van der Waals surface area contributed by atoms with Gasteiger partial charge in [-0.1, -0.05) is 35.4 Å². The molecule has 0 amide bonds. The van der Waals surface area contributed by atoms with Crippen molar-refractivity contribution in [2.75, 3.05) is 13.7 Å². The van der Waals surface area contributed by atoms with Crippen LogP contribution in [0, 0.1) is 41.5 Å². The van der Waals surface area contributed by atoms with Crippen LogP contribution in [-0.2, 0) is 4.74 Å². The van der Waals surface area contributed by atoms with Crippen molar-refractivity contribution >= 4 is 6.29 Å². The number of aliphatic hydroxyl groups excluding tert-OH is 1. The fourth-order valence-electron chi connectivity index (χ4n) is 3.36. The molecule has 2 rings (SSSR count). The van der Waals surface area contributed by atoms with Crippen LogP contribution in [0.1, 0.15) is 55.4 Å². The summed E-state index contributed by atoms with van der Waals surface area (Å²) in [6.45, 7) is 12.2. The number of aldehydes is 1. The maximum Gasteiger partial charge on any atom is 0.150 e. The molecular formula is C22H30O3. The van der Waals surface area contributed by atoms with Crippen molar-refractivity contribution in [3.8, 4) is 0 Å². The third-order valence-corrected chi connectivity index (χ3v) is 4.37. The molecule has 1 N–H and O–H groups in total. The van der Waals surface area contributed by atoms with Crippen molar-refractivity contribution in [1.29, 1.82) is 0 Å². The Bertz CT molecular complexity index is 682. The van der Waals surface area contributed by atoms with E-state index in [2.05, 4.69) is 32.9 Å². The second-order valence-corrected chi connectivity index (χ2v) is 6.65. The molecule has 0 saturated heterocycles. The summed E-state index contributed by atoms with van der Waals surface area (Å²) in [7, 11) is 1.62. The summed E-state index contributed by atoms with van der Waals surface area (Å²) in [5, 5.41) is 9.17. The largest absolute Gasteiger partial charge is 0.393 e. The molecule has 0 fully saturated rings. The van der Waals surface area contributed by atoms with E-state index in [4.69, 9.17) is 4.74 Å². The zero-order chi connectivity index (χ0) is 19.1. The molecule has 0 bridgehead atoms. The maximum absolute atomic E-state index is 10.6. The topological polar surface area (TPSA) is 46.5 Å². The average Bonchev–Trinajstić information content (AvgIpc) is 2.50. The summed E-state index contributed by atoms with van der Waals surface area (Å²) in [6.07, 6.45) is 0.722. The van der Waals surface area contributed by atoms with Gasteiger partial charge in [-0.3, -0.25) is 4.79 Å². The van der Waals surface area contributed by atoms with Gasteiger partial charge < -0.3 is 9.84 Å². The number of rotatable bonds is 4. The van der Waals surface area contributed by atoms with Gasteiger partial charge in [0.2, 0.25) is 0 Å². The Hall–Kier alpha value is -1.97. The molecule has 0 spiro atoms. The number of hydrogen-bond acceptors (Lipinski definition) is 3. The van der Waals surface area contributed by atoms with Gasteiger partial charge in [0.15, 0.2) is 6.29 Å². The lowest BCUT2D eigenvalue weighted by Gasteiger charge is -2.18. The van der Waals surface area contributed by atoms with Gasteiger partial charge in [0, 0.05) is 12.7 Å². The fourth-order valence-corrected chi connectivity index (χ4v) is 3.36. The Morgan fingerprint density at radius 2 is 1.28 bits per heavy atom. The van der Waals surface area contributed by atoms with Crippen molar-refractivity contribution in [1.82, 2.24) is 0 Å². The van der Waals surface area contributed by atoms with E-state index in [1.165, 1.54) is 22.3 Å². The smallest absolute Gasteiger partial charge is 0.150 e. The van der Waals surface area contributed by atoms with E-state index in [0.717, 1.165) is 28.5 Å². The first-order chi connectivity index (χ1) is 11.7. The monoisotopic (exact) mass is 342 g/mol. The van der Waals surface area contributed by atoms with Gasteiger partial charge in [-0.25, -0.2) is 0 Å². The minimum atomic E-state index is -0.199. The Morgan fingerprint density at radius 3 is 1.60 bits per heavy atom. The van der Waals surface area contributed by atoms with Gasteiger partial charge in [0.1, 0.15) is 6.10 Å². The zero-order valence-corrected chi connectivity index (χ0v) is 16.4. The molecule has 0 aliphatic carbocycles. The van der Waals surface area contributed by atoms with E-state index in [1.54, 1.807) is 7.11 Å². The minimum Gasteiger partial charge on any atom is -0.393 e. The first-order valence-electron chi connectivity index (χ1n) is 8.49. The molecule has 0 aliphatic heterocycles. The van der Waals surface area contributed by atoms with E-state index in [1.807, 2.05) is 32.9 Å². The van der Waals surface area contributed by atoms with Crippen LogP contribution in [0.4, 0.5) is 0 Å². The first kappa shape index (κ1) is 21.1. The van der Waals surface area contributed by atoms with E-state index in [9.17, 15) is 9.90 Å². The van der Waals surface area contributed by atoms with Crippen LogP contribution in [0.15, 0.2) is 24.3 Å². The van der Waals surface area contributed by atoms with Gasteiger partial charge in [0.25, 0.3) is 0 Å². The van der Waals surface area contributed by atoms with Gasteiger partial charge in [-0.15, -0.1) is 0 Å². The summed E-state index contributed by atoms with van der Waals surface area (Å²) >= 11 is 0. The van der Waals surface area contributed by atoms with Gasteiger partial charge in [-0.2, -0.15) is 0 Å². The highest BCUT2D eigenvalue weighted by atomic mass is 16.5. The Labute approximate surface area is 151 Å². The van der Waals surface area contributed by atoms with Crippen LogP contribution in [0.25, 0.3) is 0 Å². The quantitative estimate of drug-likeness (QED) is 0.818. The number of methoxy groups -OCH3 is 1. The minimum absolute atomic E-state index is 0.0290. The van der Waals surface area contributed by atoms with Crippen LogP contribution in [0.2, 0.25) is 0 Å². The SMILES string of the molecule is COC(CO)c1c(C)cc(C)cc1C.Cc1cc(C)c(C=O)c(C)c1. The standard InChI is InChI=1S/C12H18O2.C10H12O/c1-8-5-9(2)12(10(3)6-8)11(7-13)14-4;1-7-4-8(2)10(6-11)9(3)5-7/h5-6,11,13H,7H2,1-4H3;4-6H,1-3H3. The van der Waals surface area contributed by atoms with E-state index in [-0.39, 0.29) is 12.7 Å². The van der Waals surface area contributed by atoms with Crippen molar-refractivity contribution < 1.29 is 14.6 Å². The van der Waals surface area contributed by atoms with Crippen LogP contribution in [0.5, 0.6) is 0 Å². The number of aliphatic hydroxyl groups is 1. The molecule has 3 nitrogen and oxygen atoms in total. The summed E-state index contributed by atoms with van der Waals surface area (Å²) in [5.74, 6) is 0. The van der Waals surface area contributed by atoms with Crippen LogP contribution in [-0.4, -0.2) is 25.1 Å². The second-order valence-electron chi connectivity index (χ2n) is 6.65. The van der Waals surface area contributed by atoms with Crippen LogP contribution < -0.4 is 0 Å². The lowest BCUT2D eigenvalue weighted by molar-refractivity contribution is 0.0475. The fraction of sp³-hybridized carbons (Fsp3) is 0.409. The molecule has 0 aromatic heterocycles. The number of carbonyl (C=O) groups is 1. The highest BCUT2D eigenvalue weighted by Gasteiger charge is 2.14. The van der Waals surface area contributed by atoms with E-state index in [0.29, 0.717) is 0 Å². The van der Waals surface area contributed by atoms with Crippen molar-refractivity contribution in [3.63, 3.8) is 0 Å². The lowest BCUT2D eigenvalue weighted by Crippen LogP contribution is -2.10. The normalized spacial score (nSPS) is 11.5. The molecule has 1 unspecified atom stereocenters. The molecule has 25 heavy (non-hydrogen) atoms. The Balaban J connectivity index is 0.000000257. The Kier molecular flexibility index (Phi) is 8.01. The molecular weight excluding hydrogens is 312 g/mol. The van der Waals surface area contributed by atoms with E-state index >= 15 is 0 Å². The predicted octanol–water partition coefficient (Wildman–Crippen LogP) is 4.72. The third kappa shape index (κ3) is 5.52. The molecule has 0 heterocycles. The van der Waals surface area contributed by atoms with Crippen LogP contribution in [0.3, 0.4) is 0 Å². The number of carbonyl (C=O) groups excluding carboxylic acids is 1. The summed E-state index contributed by atoms with van der Waals surface area (Å²) in [6, 6.07) is 8.28. The molecule has 136 valence electrons. The highest BCUT2D eigenvalue weighted by Crippen LogP contribution is 2.25. The number of benzene rings is 2. The maximum atomic E-state index is 10.6. The molecule has 0 aliphatic rings. The van der Waals surface area contributed by atoms with Gasteiger partial charge in [-0.05, 0) is 69.4 Å². The molecule has 0 saturated carbocycles. The van der Waals surface area contributed by atoms with Crippen LogP contribution >= 0.6 is 0 Å². The Morgan fingerprint density at radius 1 is 0.880 bits per heavy atom. The number of ether oxygens (including phenoxy) is 1. The summed E-state index contributed by atoms with van der Waals surface area (Å²) < 4.78 is 5.24. The van der Waals surface area contributed by atoms with Crippen molar-refractivity contribution in [2.45, 2.75) is 47.6 Å². The van der Waals surface area contributed by atoms with Crippen molar-refractivity contribution in [3.05, 3.63) is 68.8 Å². The van der Waals surface area contributed by atoms with Gasteiger partial charge in [0.05, 0.1) is 6.61 Å². The summed E-state index contributed by atoms with van der Waals surface area (Å²) in [4.78, 5) is 10.6. The second kappa shape index (κ2) is 9.50. The van der Waals surface area contributed by atoms with Crippen molar-refractivity contribution in [2.24, 2.45) is 0 Å². The molecule has 2 aromatic carbocycles. The zero-order valence-electron chi connectivity index (χ0n) is 16.4. The molecule has 2 aromatic rings. The molecule has 3 heteroatoms. The molecule has 1 atom stereocenters. The lowest BCUT2D eigenvalue weighted by atomic mass is 9.96. The van der Waals surface area contributed by atoms with Gasteiger partial charge >= 0.3 is 0 Å². The first-order valence-corrected chi connectivity index (χ1v) is 8.49. The third-order valence-electron chi connectivity index (χ3n) is 4.37.